The minimum absolute atomic E-state index is 0.124. The molecule has 0 N–H and O–H groups in total. The number of ketones is 1. The van der Waals surface area contributed by atoms with Crippen molar-refractivity contribution in [3.8, 4) is 0 Å². The van der Waals surface area contributed by atoms with E-state index in [1.54, 1.807) is 24.3 Å². The quantitative estimate of drug-likeness (QED) is 0.630. The number of carbonyl (C=O) groups excluding carboxylic acids is 1. The summed E-state index contributed by atoms with van der Waals surface area (Å²) in [4.78, 5) is 24.0. The molecule has 0 fully saturated rings. The summed E-state index contributed by atoms with van der Waals surface area (Å²) in [5.74, 6) is 0.236. The van der Waals surface area contributed by atoms with Gasteiger partial charge in [0.05, 0.1) is 11.4 Å². The fourth-order valence-corrected chi connectivity index (χ4v) is 2.63. The first-order chi connectivity index (χ1) is 8.22. The highest BCUT2D eigenvalue weighted by Gasteiger charge is 2.13. The maximum Gasteiger partial charge on any atom is 0.261 e. The molecule has 0 aliphatic carbocycles. The Bertz CT molecular complexity index is 574. The van der Waals surface area contributed by atoms with Crippen LogP contribution >= 0.6 is 23.1 Å². The molecular formula is C12H10ClNO2S. The van der Waals surface area contributed by atoms with Crippen LogP contribution in [-0.2, 0) is 6.54 Å². The third kappa shape index (κ3) is 2.65. The second-order valence-corrected chi connectivity index (χ2v) is 4.87. The fourth-order valence-electron chi connectivity index (χ4n) is 1.45. The number of alkyl halides is 1. The lowest BCUT2D eigenvalue weighted by atomic mass is 10.1. The highest BCUT2D eigenvalue weighted by Crippen LogP contribution is 2.12. The van der Waals surface area contributed by atoms with Gasteiger partial charge in [-0.25, -0.2) is 0 Å². The number of rotatable bonds is 4. The highest BCUT2D eigenvalue weighted by molar-refractivity contribution is 7.08. The molecule has 0 aliphatic heterocycles. The van der Waals surface area contributed by atoms with Gasteiger partial charge in [-0.1, -0.05) is 41.9 Å². The first-order valence-electron chi connectivity index (χ1n) is 5.09. The van der Waals surface area contributed by atoms with Crippen molar-refractivity contribution in [1.29, 1.82) is 0 Å². The van der Waals surface area contributed by atoms with E-state index in [-0.39, 0.29) is 11.3 Å². The van der Waals surface area contributed by atoms with Crippen molar-refractivity contribution < 1.29 is 4.79 Å². The van der Waals surface area contributed by atoms with E-state index in [2.05, 4.69) is 0 Å². The summed E-state index contributed by atoms with van der Waals surface area (Å²) < 4.78 is 1.49. The summed E-state index contributed by atoms with van der Waals surface area (Å²) in [5, 5.41) is 0. The van der Waals surface area contributed by atoms with Crippen LogP contribution in [0.5, 0.6) is 0 Å². The standard InChI is InChI=1S/C12H10ClNO2S/c13-6-7-14-11(15)8-10(17-14)12(16)9-4-2-1-3-5-9/h1-5,8H,6-7H2. The third-order valence-electron chi connectivity index (χ3n) is 2.26. The SMILES string of the molecule is O=C(c1ccccc1)c1cc(=O)n(CCCl)s1. The molecule has 0 spiro atoms. The van der Waals surface area contributed by atoms with Crippen LogP contribution < -0.4 is 5.56 Å². The molecule has 0 unspecified atom stereocenters. The van der Waals surface area contributed by atoms with E-state index in [0.717, 1.165) is 11.5 Å². The Morgan fingerprint density at radius 1 is 1.29 bits per heavy atom. The number of hydrogen-bond acceptors (Lipinski definition) is 3. The summed E-state index contributed by atoms with van der Waals surface area (Å²) >= 11 is 6.73. The molecule has 0 saturated heterocycles. The molecule has 0 atom stereocenters. The van der Waals surface area contributed by atoms with Crippen LogP contribution in [0.2, 0.25) is 0 Å². The third-order valence-corrected chi connectivity index (χ3v) is 3.51. The van der Waals surface area contributed by atoms with E-state index in [4.69, 9.17) is 11.6 Å². The fraction of sp³-hybridized carbons (Fsp3) is 0.167. The van der Waals surface area contributed by atoms with Crippen LogP contribution in [0, 0.1) is 0 Å². The summed E-state index contributed by atoms with van der Waals surface area (Å²) in [6.45, 7) is 0.438. The molecule has 2 aromatic rings. The zero-order valence-corrected chi connectivity index (χ0v) is 10.5. The van der Waals surface area contributed by atoms with Gasteiger partial charge in [0.2, 0.25) is 5.78 Å². The van der Waals surface area contributed by atoms with Gasteiger partial charge in [0, 0.05) is 17.5 Å². The minimum Gasteiger partial charge on any atom is -0.288 e. The van der Waals surface area contributed by atoms with E-state index in [0.29, 0.717) is 22.9 Å². The predicted octanol–water partition coefficient (Wildman–Crippen LogP) is 2.38. The van der Waals surface area contributed by atoms with Gasteiger partial charge >= 0.3 is 0 Å². The number of benzene rings is 1. The zero-order valence-electron chi connectivity index (χ0n) is 8.93. The summed E-state index contributed by atoms with van der Waals surface area (Å²) in [7, 11) is 0. The smallest absolute Gasteiger partial charge is 0.261 e. The van der Waals surface area contributed by atoms with Gasteiger partial charge in [0.1, 0.15) is 0 Å². The zero-order chi connectivity index (χ0) is 12.3. The normalized spacial score (nSPS) is 10.4. The van der Waals surface area contributed by atoms with Crippen molar-refractivity contribution in [3.63, 3.8) is 0 Å². The van der Waals surface area contributed by atoms with E-state index in [1.165, 1.54) is 10.0 Å². The number of aryl methyl sites for hydroxylation is 1. The topological polar surface area (TPSA) is 39.1 Å². The Hall–Kier alpha value is -1.39. The lowest BCUT2D eigenvalue weighted by molar-refractivity contribution is 0.104. The molecule has 1 heterocycles. The van der Waals surface area contributed by atoms with Gasteiger partial charge in [-0.2, -0.15) is 0 Å². The lowest BCUT2D eigenvalue weighted by Gasteiger charge is -1.96. The number of aromatic nitrogens is 1. The molecular weight excluding hydrogens is 258 g/mol. The molecule has 0 bridgehead atoms. The Labute approximate surface area is 107 Å². The van der Waals surface area contributed by atoms with Crippen molar-refractivity contribution in [1.82, 2.24) is 3.96 Å². The van der Waals surface area contributed by atoms with Crippen molar-refractivity contribution in [2.45, 2.75) is 6.54 Å². The Balaban J connectivity index is 2.32. The Kier molecular flexibility index (Phi) is 3.76. The van der Waals surface area contributed by atoms with Crippen molar-refractivity contribution in [2.24, 2.45) is 0 Å². The minimum atomic E-state index is -0.171. The largest absolute Gasteiger partial charge is 0.288 e. The van der Waals surface area contributed by atoms with Crippen LogP contribution in [0.4, 0.5) is 0 Å². The van der Waals surface area contributed by atoms with Gasteiger partial charge in [0.25, 0.3) is 5.56 Å². The van der Waals surface area contributed by atoms with Gasteiger partial charge in [-0.3, -0.25) is 13.5 Å². The average molecular weight is 268 g/mol. The van der Waals surface area contributed by atoms with Gasteiger partial charge in [0.15, 0.2) is 0 Å². The van der Waals surface area contributed by atoms with Crippen LogP contribution in [-0.4, -0.2) is 15.6 Å². The molecule has 0 aliphatic rings. The Morgan fingerprint density at radius 3 is 2.65 bits per heavy atom. The van der Waals surface area contributed by atoms with E-state index >= 15 is 0 Å². The first kappa shape index (κ1) is 12.1. The van der Waals surface area contributed by atoms with Gasteiger partial charge < -0.3 is 0 Å². The molecule has 88 valence electrons. The molecule has 1 aromatic carbocycles. The number of halogens is 1. The first-order valence-corrected chi connectivity index (χ1v) is 6.40. The molecule has 2 rings (SSSR count). The second kappa shape index (κ2) is 5.29. The maximum absolute atomic E-state index is 12.0. The molecule has 0 saturated carbocycles. The summed E-state index contributed by atoms with van der Waals surface area (Å²) in [5.41, 5.74) is 0.418. The highest BCUT2D eigenvalue weighted by atomic mass is 35.5. The molecule has 1 aromatic heterocycles. The predicted molar refractivity (Wildman–Crippen MR) is 69.2 cm³/mol. The van der Waals surface area contributed by atoms with E-state index in [1.807, 2.05) is 6.07 Å². The van der Waals surface area contributed by atoms with Crippen LogP contribution in [0.1, 0.15) is 15.2 Å². The lowest BCUT2D eigenvalue weighted by Crippen LogP contribution is -2.12. The molecule has 0 amide bonds. The Morgan fingerprint density at radius 2 is 2.00 bits per heavy atom. The summed E-state index contributed by atoms with van der Waals surface area (Å²) in [6.07, 6.45) is 0. The van der Waals surface area contributed by atoms with Crippen LogP contribution in [0.3, 0.4) is 0 Å². The number of hydrogen-bond donors (Lipinski definition) is 0. The van der Waals surface area contributed by atoms with E-state index < -0.39 is 0 Å². The van der Waals surface area contributed by atoms with Crippen molar-refractivity contribution >= 4 is 28.9 Å². The molecule has 5 heteroatoms. The van der Waals surface area contributed by atoms with Crippen LogP contribution in [0.25, 0.3) is 0 Å². The molecule has 17 heavy (non-hydrogen) atoms. The number of carbonyl (C=O) groups is 1. The second-order valence-electron chi connectivity index (χ2n) is 3.42. The van der Waals surface area contributed by atoms with Crippen molar-refractivity contribution in [3.05, 3.63) is 57.2 Å². The van der Waals surface area contributed by atoms with E-state index in [9.17, 15) is 9.59 Å². The summed E-state index contributed by atoms with van der Waals surface area (Å²) in [6, 6.07) is 10.3. The monoisotopic (exact) mass is 267 g/mol. The number of nitrogens with zero attached hydrogens (tertiary/aromatic N) is 1. The van der Waals surface area contributed by atoms with Gasteiger partial charge in [-0.05, 0) is 0 Å². The van der Waals surface area contributed by atoms with Crippen LogP contribution in [0.15, 0.2) is 41.2 Å². The molecule has 3 nitrogen and oxygen atoms in total. The average Bonchev–Trinajstić information content (AvgIpc) is 2.72. The maximum atomic E-state index is 12.0. The van der Waals surface area contributed by atoms with Gasteiger partial charge in [-0.15, -0.1) is 11.6 Å². The van der Waals surface area contributed by atoms with Crippen molar-refractivity contribution in [2.75, 3.05) is 5.88 Å². The molecule has 0 radical (unpaired) electrons.